The smallest absolute Gasteiger partial charge is 0.160 e. The molecular weight excluding hydrogens is 264 g/mol. The summed E-state index contributed by atoms with van der Waals surface area (Å²) in [5.74, 6) is 5.56. The second-order valence-electron chi connectivity index (χ2n) is 7.03. The quantitative estimate of drug-likeness (QED) is 0.905. The standard InChI is InChI=1S/C18H24O3/c1-20-14-6-3-10(8-15(14)21-2)7-13(19)18-16-11-4-5-12(9-11)17(16)18/h3,6,8,11-13,16-19H,4-5,7,9H2,1-2H3. The molecule has 0 spiro atoms. The summed E-state index contributed by atoms with van der Waals surface area (Å²) in [5.41, 5.74) is 1.14. The molecule has 0 amide bonds. The van der Waals surface area contributed by atoms with Gasteiger partial charge in [0.25, 0.3) is 0 Å². The Morgan fingerprint density at radius 1 is 1.10 bits per heavy atom. The van der Waals surface area contributed by atoms with E-state index in [9.17, 15) is 5.11 Å². The van der Waals surface area contributed by atoms with Crippen molar-refractivity contribution in [3.63, 3.8) is 0 Å². The molecule has 3 nitrogen and oxygen atoms in total. The van der Waals surface area contributed by atoms with Crippen LogP contribution in [0.3, 0.4) is 0 Å². The third kappa shape index (κ3) is 2.05. The lowest BCUT2D eigenvalue weighted by Gasteiger charge is -2.16. The van der Waals surface area contributed by atoms with Crippen LogP contribution in [0.2, 0.25) is 0 Å². The molecule has 2 bridgehead atoms. The first-order valence-electron chi connectivity index (χ1n) is 8.12. The SMILES string of the molecule is COc1ccc(CC(O)C2C3C4CCC(C4)C23)cc1OC. The van der Waals surface area contributed by atoms with Gasteiger partial charge in [0, 0.05) is 0 Å². The molecule has 21 heavy (non-hydrogen) atoms. The third-order valence-electron chi connectivity index (χ3n) is 6.13. The molecule has 0 saturated heterocycles. The van der Waals surface area contributed by atoms with Crippen LogP contribution in [0, 0.1) is 29.6 Å². The van der Waals surface area contributed by atoms with Crippen LogP contribution in [0.4, 0.5) is 0 Å². The second kappa shape index (κ2) is 4.91. The number of aliphatic hydroxyl groups is 1. The van der Waals surface area contributed by atoms with Crippen molar-refractivity contribution < 1.29 is 14.6 Å². The predicted octanol–water partition coefficient (Wildman–Crippen LogP) is 2.90. The van der Waals surface area contributed by atoms with E-state index in [2.05, 4.69) is 0 Å². The Morgan fingerprint density at radius 2 is 1.76 bits per heavy atom. The summed E-state index contributed by atoms with van der Waals surface area (Å²) in [5, 5.41) is 10.6. The first-order valence-corrected chi connectivity index (χ1v) is 8.12. The molecule has 0 aliphatic heterocycles. The summed E-state index contributed by atoms with van der Waals surface area (Å²) in [6.45, 7) is 0. The van der Waals surface area contributed by atoms with Gasteiger partial charge in [0.1, 0.15) is 0 Å². The molecule has 3 heteroatoms. The summed E-state index contributed by atoms with van der Waals surface area (Å²) in [7, 11) is 3.30. The summed E-state index contributed by atoms with van der Waals surface area (Å²) in [6.07, 6.45) is 4.80. The Labute approximate surface area is 126 Å². The lowest BCUT2D eigenvalue weighted by Crippen LogP contribution is -2.18. The molecule has 1 N–H and O–H groups in total. The summed E-state index contributed by atoms with van der Waals surface area (Å²) in [4.78, 5) is 0. The monoisotopic (exact) mass is 288 g/mol. The number of fused-ring (bicyclic) bond motifs is 5. The van der Waals surface area contributed by atoms with Crippen LogP contribution in [0.15, 0.2) is 18.2 Å². The second-order valence-corrected chi connectivity index (χ2v) is 7.03. The fraction of sp³-hybridized carbons (Fsp3) is 0.667. The minimum atomic E-state index is -0.193. The average Bonchev–Trinajstić information content (AvgIpc) is 2.96. The predicted molar refractivity (Wildman–Crippen MR) is 80.6 cm³/mol. The number of ether oxygens (including phenoxy) is 2. The van der Waals surface area contributed by atoms with E-state index >= 15 is 0 Å². The van der Waals surface area contributed by atoms with Crippen molar-refractivity contribution in [3.8, 4) is 11.5 Å². The van der Waals surface area contributed by atoms with Crippen LogP contribution in [-0.2, 0) is 6.42 Å². The molecule has 3 fully saturated rings. The van der Waals surface area contributed by atoms with Crippen molar-refractivity contribution in [2.75, 3.05) is 14.2 Å². The lowest BCUT2D eigenvalue weighted by molar-refractivity contribution is 0.128. The summed E-state index contributed by atoms with van der Waals surface area (Å²) >= 11 is 0. The van der Waals surface area contributed by atoms with Crippen LogP contribution < -0.4 is 9.47 Å². The van der Waals surface area contributed by atoms with Crippen molar-refractivity contribution >= 4 is 0 Å². The van der Waals surface area contributed by atoms with Crippen LogP contribution in [0.1, 0.15) is 24.8 Å². The first kappa shape index (κ1) is 13.4. The Balaban J connectivity index is 1.45. The van der Waals surface area contributed by atoms with Gasteiger partial charge in [-0.3, -0.25) is 0 Å². The number of hydrogen-bond acceptors (Lipinski definition) is 3. The Bertz CT molecular complexity index is 525. The average molecular weight is 288 g/mol. The van der Waals surface area contributed by atoms with Gasteiger partial charge >= 0.3 is 0 Å². The maximum Gasteiger partial charge on any atom is 0.160 e. The number of rotatable bonds is 5. The van der Waals surface area contributed by atoms with Crippen molar-refractivity contribution in [2.24, 2.45) is 29.6 Å². The Kier molecular flexibility index (Phi) is 3.14. The molecule has 1 aromatic carbocycles. The molecule has 5 unspecified atom stereocenters. The van der Waals surface area contributed by atoms with E-state index in [1.165, 1.54) is 19.3 Å². The minimum absolute atomic E-state index is 0.193. The van der Waals surface area contributed by atoms with Gasteiger partial charge in [-0.15, -0.1) is 0 Å². The number of aliphatic hydroxyl groups excluding tert-OH is 1. The molecule has 0 aromatic heterocycles. The molecule has 0 radical (unpaired) electrons. The molecule has 5 atom stereocenters. The molecule has 0 heterocycles. The zero-order valence-corrected chi connectivity index (χ0v) is 12.8. The molecule has 3 aliphatic carbocycles. The number of hydrogen-bond donors (Lipinski definition) is 1. The van der Waals surface area contributed by atoms with Crippen molar-refractivity contribution in [3.05, 3.63) is 23.8 Å². The van der Waals surface area contributed by atoms with E-state index in [4.69, 9.17) is 9.47 Å². The largest absolute Gasteiger partial charge is 0.493 e. The fourth-order valence-electron chi connectivity index (χ4n) is 5.29. The molecule has 3 aliphatic rings. The maximum absolute atomic E-state index is 10.6. The highest BCUT2D eigenvalue weighted by Crippen LogP contribution is 2.70. The fourth-order valence-corrected chi connectivity index (χ4v) is 5.29. The van der Waals surface area contributed by atoms with Gasteiger partial charge < -0.3 is 14.6 Å². The highest BCUT2D eigenvalue weighted by molar-refractivity contribution is 5.43. The highest BCUT2D eigenvalue weighted by atomic mass is 16.5. The summed E-state index contributed by atoms with van der Waals surface area (Å²) in [6, 6.07) is 5.96. The molecule has 1 aromatic rings. The van der Waals surface area contributed by atoms with Crippen molar-refractivity contribution in [1.82, 2.24) is 0 Å². The van der Waals surface area contributed by atoms with E-state index in [0.29, 0.717) is 5.92 Å². The van der Waals surface area contributed by atoms with E-state index in [1.54, 1.807) is 14.2 Å². The first-order chi connectivity index (χ1) is 10.2. The van der Waals surface area contributed by atoms with Gasteiger partial charge in [0.15, 0.2) is 11.5 Å². The third-order valence-corrected chi connectivity index (χ3v) is 6.13. The van der Waals surface area contributed by atoms with Gasteiger partial charge in [0.05, 0.1) is 20.3 Å². The summed E-state index contributed by atoms with van der Waals surface area (Å²) < 4.78 is 10.6. The van der Waals surface area contributed by atoms with Crippen LogP contribution >= 0.6 is 0 Å². The normalized spacial score (nSPS) is 37.2. The maximum atomic E-state index is 10.6. The molecule has 3 saturated carbocycles. The van der Waals surface area contributed by atoms with Gasteiger partial charge in [-0.05, 0) is 73.0 Å². The van der Waals surface area contributed by atoms with Gasteiger partial charge in [0.2, 0.25) is 0 Å². The highest BCUT2D eigenvalue weighted by Gasteiger charge is 2.66. The lowest BCUT2D eigenvalue weighted by atomic mass is 9.95. The van der Waals surface area contributed by atoms with E-state index in [1.807, 2.05) is 18.2 Å². The van der Waals surface area contributed by atoms with E-state index in [0.717, 1.165) is 47.2 Å². The zero-order valence-electron chi connectivity index (χ0n) is 12.8. The van der Waals surface area contributed by atoms with Gasteiger partial charge in [-0.2, -0.15) is 0 Å². The molecular formula is C18H24O3. The van der Waals surface area contributed by atoms with E-state index in [-0.39, 0.29) is 6.10 Å². The van der Waals surface area contributed by atoms with E-state index < -0.39 is 0 Å². The number of methoxy groups -OCH3 is 2. The minimum Gasteiger partial charge on any atom is -0.493 e. The van der Waals surface area contributed by atoms with Crippen molar-refractivity contribution in [1.29, 1.82) is 0 Å². The van der Waals surface area contributed by atoms with Gasteiger partial charge in [-0.25, -0.2) is 0 Å². The van der Waals surface area contributed by atoms with Crippen LogP contribution in [0.25, 0.3) is 0 Å². The Hall–Kier alpha value is -1.22. The topological polar surface area (TPSA) is 38.7 Å². The van der Waals surface area contributed by atoms with Gasteiger partial charge in [-0.1, -0.05) is 6.07 Å². The van der Waals surface area contributed by atoms with Crippen LogP contribution in [-0.4, -0.2) is 25.4 Å². The Morgan fingerprint density at radius 3 is 2.38 bits per heavy atom. The number of benzene rings is 1. The molecule has 114 valence electrons. The van der Waals surface area contributed by atoms with Crippen LogP contribution in [0.5, 0.6) is 11.5 Å². The zero-order chi connectivity index (χ0) is 14.6. The molecule has 4 rings (SSSR count). The van der Waals surface area contributed by atoms with Crippen molar-refractivity contribution in [2.45, 2.75) is 31.8 Å².